The van der Waals surface area contributed by atoms with Gasteiger partial charge in [0.1, 0.15) is 17.4 Å². The molecular formula is C26H22ClN3O3. The summed E-state index contributed by atoms with van der Waals surface area (Å²) in [6.45, 7) is 3.64. The van der Waals surface area contributed by atoms with Crippen LogP contribution in [-0.4, -0.2) is 18.4 Å². The minimum Gasteiger partial charge on any atom is -0.483 e. The van der Waals surface area contributed by atoms with Gasteiger partial charge in [0.05, 0.1) is 0 Å². The number of rotatable bonds is 7. The van der Waals surface area contributed by atoms with E-state index in [4.69, 9.17) is 16.3 Å². The van der Waals surface area contributed by atoms with Crippen LogP contribution in [0.1, 0.15) is 16.7 Å². The highest BCUT2D eigenvalue weighted by molar-refractivity contribution is 6.30. The van der Waals surface area contributed by atoms with E-state index in [1.165, 1.54) is 6.08 Å². The number of hydrogen-bond acceptors (Lipinski definition) is 4. The predicted octanol–water partition coefficient (Wildman–Crippen LogP) is 5.52. The average molecular weight is 460 g/mol. The number of amides is 2. The summed E-state index contributed by atoms with van der Waals surface area (Å²) in [6.07, 6.45) is 1.38. The molecular weight excluding hydrogens is 438 g/mol. The lowest BCUT2D eigenvalue weighted by atomic mass is 10.1. The topological polar surface area (TPSA) is 91.2 Å². The Morgan fingerprint density at radius 2 is 1.52 bits per heavy atom. The van der Waals surface area contributed by atoms with Crippen LogP contribution in [0.4, 0.5) is 11.4 Å². The first-order valence-corrected chi connectivity index (χ1v) is 10.5. The number of nitriles is 1. The summed E-state index contributed by atoms with van der Waals surface area (Å²) >= 11 is 6.10. The van der Waals surface area contributed by atoms with Gasteiger partial charge in [-0.05, 0) is 62.4 Å². The van der Waals surface area contributed by atoms with Gasteiger partial charge in [0, 0.05) is 22.0 Å². The first-order valence-electron chi connectivity index (χ1n) is 10.1. The van der Waals surface area contributed by atoms with Crippen molar-refractivity contribution < 1.29 is 14.3 Å². The van der Waals surface area contributed by atoms with Crippen LogP contribution in [0.25, 0.3) is 6.08 Å². The molecule has 33 heavy (non-hydrogen) atoms. The molecule has 0 unspecified atom stereocenters. The average Bonchev–Trinajstić information content (AvgIpc) is 2.79. The highest BCUT2D eigenvalue weighted by atomic mass is 35.5. The smallest absolute Gasteiger partial charge is 0.266 e. The van der Waals surface area contributed by atoms with Gasteiger partial charge in [0.2, 0.25) is 0 Å². The molecule has 6 nitrogen and oxygen atoms in total. The van der Waals surface area contributed by atoms with Crippen LogP contribution in [0.5, 0.6) is 5.75 Å². The Balaban J connectivity index is 1.73. The largest absolute Gasteiger partial charge is 0.483 e. The van der Waals surface area contributed by atoms with Crippen LogP contribution in [0.2, 0.25) is 5.02 Å². The van der Waals surface area contributed by atoms with E-state index in [0.717, 1.165) is 11.1 Å². The molecule has 0 fully saturated rings. The van der Waals surface area contributed by atoms with Crippen molar-refractivity contribution in [3.63, 3.8) is 0 Å². The Hall–Kier alpha value is -4.08. The molecule has 3 aromatic carbocycles. The molecule has 2 N–H and O–H groups in total. The molecule has 3 aromatic rings. The summed E-state index contributed by atoms with van der Waals surface area (Å²) in [7, 11) is 0. The summed E-state index contributed by atoms with van der Waals surface area (Å²) in [5.74, 6) is -0.597. The van der Waals surface area contributed by atoms with E-state index in [9.17, 15) is 14.9 Å². The van der Waals surface area contributed by atoms with Gasteiger partial charge >= 0.3 is 0 Å². The van der Waals surface area contributed by atoms with Gasteiger partial charge in [-0.3, -0.25) is 9.59 Å². The summed E-state index contributed by atoms with van der Waals surface area (Å²) in [5.41, 5.74) is 3.64. The Morgan fingerprint density at radius 1 is 0.939 bits per heavy atom. The first kappa shape index (κ1) is 23.6. The Bertz CT molecular complexity index is 1230. The molecule has 0 radical (unpaired) electrons. The van der Waals surface area contributed by atoms with Gasteiger partial charge in [-0.2, -0.15) is 5.26 Å². The second-order valence-corrected chi connectivity index (χ2v) is 7.81. The fraction of sp³-hybridized carbons (Fsp3) is 0.115. The summed E-state index contributed by atoms with van der Waals surface area (Å²) in [6, 6.07) is 21.3. The Labute approximate surface area is 197 Å². The standard InChI is InChI=1S/C26H22ClN3O3/c1-17-3-8-22(9-4-17)29-25(31)16-33-24-12-7-21(27)14-19(24)13-20(15-28)26(32)30-23-10-5-18(2)6-11-23/h3-14H,16H2,1-2H3,(H,29,31)(H,30,32)/b20-13+. The monoisotopic (exact) mass is 459 g/mol. The molecule has 0 aliphatic rings. The minimum atomic E-state index is -0.565. The third-order valence-electron chi connectivity index (χ3n) is 4.64. The predicted molar refractivity (Wildman–Crippen MR) is 130 cm³/mol. The zero-order chi connectivity index (χ0) is 23.8. The SMILES string of the molecule is Cc1ccc(NC(=O)COc2ccc(Cl)cc2/C=C(\C#N)C(=O)Nc2ccc(C)cc2)cc1. The summed E-state index contributed by atoms with van der Waals surface area (Å²) < 4.78 is 5.65. The molecule has 0 aliphatic carbocycles. The van der Waals surface area contributed by atoms with E-state index in [0.29, 0.717) is 27.7 Å². The van der Waals surface area contributed by atoms with Crippen LogP contribution in [0.3, 0.4) is 0 Å². The van der Waals surface area contributed by atoms with Gasteiger partial charge < -0.3 is 15.4 Å². The zero-order valence-corrected chi connectivity index (χ0v) is 18.9. The van der Waals surface area contributed by atoms with Gasteiger partial charge in [-0.1, -0.05) is 47.0 Å². The number of carbonyl (C=O) groups excluding carboxylic acids is 2. The van der Waals surface area contributed by atoms with E-state index in [1.54, 1.807) is 42.5 Å². The van der Waals surface area contributed by atoms with Crippen molar-refractivity contribution in [2.24, 2.45) is 0 Å². The highest BCUT2D eigenvalue weighted by Gasteiger charge is 2.13. The Morgan fingerprint density at radius 3 is 2.09 bits per heavy atom. The number of nitrogens with one attached hydrogen (secondary N) is 2. The van der Waals surface area contributed by atoms with Crippen molar-refractivity contribution >= 4 is 40.9 Å². The maximum atomic E-state index is 12.6. The molecule has 0 bridgehead atoms. The molecule has 0 aromatic heterocycles. The molecule has 2 amide bonds. The maximum Gasteiger partial charge on any atom is 0.266 e. The fourth-order valence-corrected chi connectivity index (χ4v) is 3.06. The molecule has 0 aliphatic heterocycles. The van der Waals surface area contributed by atoms with E-state index < -0.39 is 5.91 Å². The lowest BCUT2D eigenvalue weighted by molar-refractivity contribution is -0.118. The van der Waals surface area contributed by atoms with Crippen molar-refractivity contribution in [2.45, 2.75) is 13.8 Å². The molecule has 0 heterocycles. The van der Waals surface area contributed by atoms with E-state index in [-0.39, 0.29) is 18.1 Å². The second-order valence-electron chi connectivity index (χ2n) is 7.37. The number of benzene rings is 3. The fourth-order valence-electron chi connectivity index (χ4n) is 2.88. The zero-order valence-electron chi connectivity index (χ0n) is 18.2. The number of hydrogen-bond donors (Lipinski definition) is 2. The van der Waals surface area contributed by atoms with E-state index >= 15 is 0 Å². The van der Waals surface area contributed by atoms with Crippen LogP contribution in [-0.2, 0) is 9.59 Å². The number of ether oxygens (including phenoxy) is 1. The van der Waals surface area contributed by atoms with Gasteiger partial charge in [0.25, 0.3) is 11.8 Å². The van der Waals surface area contributed by atoms with Crippen LogP contribution in [0, 0.1) is 25.2 Å². The number of halogens is 1. The van der Waals surface area contributed by atoms with Crippen LogP contribution >= 0.6 is 11.6 Å². The lowest BCUT2D eigenvalue weighted by Gasteiger charge is -2.11. The molecule has 0 atom stereocenters. The second kappa shape index (κ2) is 11.0. The lowest BCUT2D eigenvalue weighted by Crippen LogP contribution is -2.20. The van der Waals surface area contributed by atoms with Gasteiger partial charge in [0.15, 0.2) is 6.61 Å². The number of aryl methyl sites for hydroxylation is 2. The first-order chi connectivity index (χ1) is 15.8. The van der Waals surface area contributed by atoms with E-state index in [2.05, 4.69) is 10.6 Å². The normalized spacial score (nSPS) is 10.8. The third-order valence-corrected chi connectivity index (χ3v) is 4.88. The molecule has 3 rings (SSSR count). The maximum absolute atomic E-state index is 12.6. The number of carbonyl (C=O) groups is 2. The molecule has 7 heteroatoms. The summed E-state index contributed by atoms with van der Waals surface area (Å²) in [5, 5.41) is 15.4. The molecule has 0 saturated heterocycles. The summed E-state index contributed by atoms with van der Waals surface area (Å²) in [4.78, 5) is 24.9. The van der Waals surface area contributed by atoms with E-state index in [1.807, 2.05) is 44.2 Å². The quantitative estimate of drug-likeness (QED) is 0.359. The van der Waals surface area contributed by atoms with Crippen molar-refractivity contribution in [1.82, 2.24) is 0 Å². The highest BCUT2D eigenvalue weighted by Crippen LogP contribution is 2.26. The minimum absolute atomic E-state index is 0.133. The van der Waals surface area contributed by atoms with Crippen LogP contribution in [0.15, 0.2) is 72.3 Å². The molecule has 0 spiro atoms. The van der Waals surface area contributed by atoms with Crippen molar-refractivity contribution in [3.05, 3.63) is 94.0 Å². The number of anilines is 2. The van der Waals surface area contributed by atoms with Gasteiger partial charge in [-0.25, -0.2) is 0 Å². The van der Waals surface area contributed by atoms with Crippen molar-refractivity contribution in [2.75, 3.05) is 17.2 Å². The van der Waals surface area contributed by atoms with Crippen molar-refractivity contribution in [1.29, 1.82) is 5.26 Å². The van der Waals surface area contributed by atoms with Crippen LogP contribution < -0.4 is 15.4 Å². The number of nitrogens with zero attached hydrogens (tertiary/aromatic N) is 1. The van der Waals surface area contributed by atoms with Gasteiger partial charge in [-0.15, -0.1) is 0 Å². The third kappa shape index (κ3) is 6.96. The Kier molecular flexibility index (Phi) is 7.85. The molecule has 166 valence electrons. The molecule has 0 saturated carbocycles. The van der Waals surface area contributed by atoms with Crippen molar-refractivity contribution in [3.8, 4) is 11.8 Å².